The van der Waals surface area contributed by atoms with Gasteiger partial charge in [0.2, 0.25) is 0 Å². The zero-order valence-electron chi connectivity index (χ0n) is 12.0. The molecule has 0 aromatic heterocycles. The van der Waals surface area contributed by atoms with E-state index < -0.39 is 11.9 Å². The molecule has 0 saturated carbocycles. The van der Waals surface area contributed by atoms with E-state index in [1.54, 1.807) is 31.2 Å². The highest BCUT2D eigenvalue weighted by Crippen LogP contribution is 2.09. The number of hydrogen-bond donors (Lipinski definition) is 2. The fourth-order valence-corrected chi connectivity index (χ4v) is 1.42. The summed E-state index contributed by atoms with van der Waals surface area (Å²) in [5.41, 5.74) is 0.993. The highest BCUT2D eigenvalue weighted by Gasteiger charge is 2.08. The molecule has 7 nitrogen and oxygen atoms in total. The van der Waals surface area contributed by atoms with E-state index in [9.17, 15) is 14.4 Å². The van der Waals surface area contributed by atoms with Gasteiger partial charge in [0.1, 0.15) is 6.61 Å². The lowest BCUT2D eigenvalue weighted by atomic mass is 10.2. The van der Waals surface area contributed by atoms with Gasteiger partial charge in [-0.3, -0.25) is 9.59 Å². The predicted molar refractivity (Wildman–Crippen MR) is 75.9 cm³/mol. The Bertz CT molecular complexity index is 499. The van der Waals surface area contributed by atoms with Crippen LogP contribution in [0.2, 0.25) is 0 Å². The van der Waals surface area contributed by atoms with Crippen molar-refractivity contribution in [3.05, 3.63) is 29.8 Å². The van der Waals surface area contributed by atoms with Gasteiger partial charge in [-0.25, -0.2) is 4.79 Å². The van der Waals surface area contributed by atoms with Crippen LogP contribution in [0.4, 0.5) is 5.69 Å². The third-order valence-corrected chi connectivity index (χ3v) is 2.45. The number of amides is 2. The average molecular weight is 294 g/mol. The lowest BCUT2D eigenvalue weighted by Crippen LogP contribution is -2.23. The monoisotopic (exact) mass is 294 g/mol. The SMILES string of the molecule is CCOCC(=O)OCC(=O)Nc1ccc(C(=O)NC)cc1. The molecule has 0 heterocycles. The molecule has 0 unspecified atom stereocenters. The number of carbonyl (C=O) groups excluding carboxylic acids is 3. The van der Waals surface area contributed by atoms with E-state index in [1.165, 1.54) is 7.05 Å². The molecule has 1 aromatic rings. The Hall–Kier alpha value is -2.41. The molecule has 1 rings (SSSR count). The normalized spacial score (nSPS) is 9.81. The molecule has 114 valence electrons. The van der Waals surface area contributed by atoms with Gasteiger partial charge in [0.25, 0.3) is 11.8 Å². The summed E-state index contributed by atoms with van der Waals surface area (Å²) in [6, 6.07) is 6.33. The van der Waals surface area contributed by atoms with Gasteiger partial charge in [-0.15, -0.1) is 0 Å². The lowest BCUT2D eigenvalue weighted by molar-refractivity contribution is -0.151. The highest BCUT2D eigenvalue weighted by atomic mass is 16.6. The highest BCUT2D eigenvalue weighted by molar-refractivity contribution is 5.96. The molecule has 2 N–H and O–H groups in total. The number of esters is 1. The van der Waals surface area contributed by atoms with Crippen molar-refractivity contribution in [1.29, 1.82) is 0 Å². The van der Waals surface area contributed by atoms with Gasteiger partial charge in [0.15, 0.2) is 6.61 Å². The van der Waals surface area contributed by atoms with Crippen LogP contribution in [0.15, 0.2) is 24.3 Å². The summed E-state index contributed by atoms with van der Waals surface area (Å²) in [5.74, 6) is -1.27. The molecule has 0 saturated heterocycles. The van der Waals surface area contributed by atoms with Gasteiger partial charge < -0.3 is 20.1 Å². The molecule has 2 amide bonds. The van der Waals surface area contributed by atoms with Gasteiger partial charge in [-0.2, -0.15) is 0 Å². The molecule has 0 radical (unpaired) electrons. The number of anilines is 1. The van der Waals surface area contributed by atoms with Gasteiger partial charge in [0, 0.05) is 24.9 Å². The fourth-order valence-electron chi connectivity index (χ4n) is 1.42. The van der Waals surface area contributed by atoms with E-state index >= 15 is 0 Å². The molecule has 0 aliphatic rings. The first-order valence-corrected chi connectivity index (χ1v) is 6.42. The molecule has 0 aliphatic carbocycles. The van der Waals surface area contributed by atoms with E-state index in [1.807, 2.05) is 0 Å². The Kier molecular flexibility index (Phi) is 6.90. The first-order valence-electron chi connectivity index (χ1n) is 6.42. The Morgan fingerprint density at radius 3 is 2.33 bits per heavy atom. The zero-order valence-corrected chi connectivity index (χ0v) is 12.0. The van der Waals surface area contributed by atoms with Crippen molar-refractivity contribution in [2.75, 3.05) is 32.2 Å². The summed E-state index contributed by atoms with van der Waals surface area (Å²) < 4.78 is 9.57. The minimum absolute atomic E-state index is 0.176. The molecule has 0 atom stereocenters. The molecule has 0 spiro atoms. The van der Waals surface area contributed by atoms with Crippen LogP contribution in [-0.4, -0.2) is 44.7 Å². The largest absolute Gasteiger partial charge is 0.454 e. The summed E-state index contributed by atoms with van der Waals surface area (Å²) in [4.78, 5) is 34.0. The average Bonchev–Trinajstić information content (AvgIpc) is 2.50. The number of nitrogens with one attached hydrogen (secondary N) is 2. The van der Waals surface area contributed by atoms with E-state index in [0.717, 1.165) is 0 Å². The molecule has 1 aromatic carbocycles. The molecule has 7 heteroatoms. The van der Waals surface area contributed by atoms with Crippen molar-refractivity contribution in [3.8, 4) is 0 Å². The lowest BCUT2D eigenvalue weighted by Gasteiger charge is -2.07. The van der Waals surface area contributed by atoms with E-state index in [-0.39, 0.29) is 19.1 Å². The van der Waals surface area contributed by atoms with Gasteiger partial charge in [-0.05, 0) is 31.2 Å². The van der Waals surface area contributed by atoms with Crippen LogP contribution in [0.5, 0.6) is 0 Å². The number of benzene rings is 1. The molecule has 0 bridgehead atoms. The van der Waals surface area contributed by atoms with Crippen molar-refractivity contribution < 1.29 is 23.9 Å². The Balaban J connectivity index is 2.41. The van der Waals surface area contributed by atoms with Crippen LogP contribution in [0, 0.1) is 0 Å². The first-order chi connectivity index (χ1) is 10.1. The maximum Gasteiger partial charge on any atom is 0.332 e. The molecular formula is C14H18N2O5. The standard InChI is InChI=1S/C14H18N2O5/c1-3-20-9-13(18)21-8-12(17)16-11-6-4-10(5-7-11)14(19)15-2/h4-7H,3,8-9H2,1-2H3,(H,15,19)(H,16,17). The van der Waals surface area contributed by atoms with Gasteiger partial charge in [-0.1, -0.05) is 0 Å². The van der Waals surface area contributed by atoms with E-state index in [2.05, 4.69) is 10.6 Å². The van der Waals surface area contributed by atoms with Gasteiger partial charge in [0.05, 0.1) is 0 Å². The fraction of sp³-hybridized carbons (Fsp3) is 0.357. The van der Waals surface area contributed by atoms with Crippen molar-refractivity contribution in [2.24, 2.45) is 0 Å². The zero-order chi connectivity index (χ0) is 15.7. The number of carbonyl (C=O) groups is 3. The van der Waals surface area contributed by atoms with Crippen molar-refractivity contribution in [3.63, 3.8) is 0 Å². The quantitative estimate of drug-likeness (QED) is 0.717. The summed E-state index contributed by atoms with van der Waals surface area (Å²) in [6.45, 7) is 1.59. The second-order valence-electron chi connectivity index (χ2n) is 4.00. The first kappa shape index (κ1) is 16.6. The molecule has 21 heavy (non-hydrogen) atoms. The molecular weight excluding hydrogens is 276 g/mol. The Morgan fingerprint density at radius 1 is 1.10 bits per heavy atom. The second-order valence-corrected chi connectivity index (χ2v) is 4.00. The third-order valence-electron chi connectivity index (χ3n) is 2.45. The summed E-state index contributed by atoms with van der Waals surface area (Å²) in [6.07, 6.45) is 0. The second kappa shape index (κ2) is 8.70. The van der Waals surface area contributed by atoms with Crippen molar-refractivity contribution >= 4 is 23.5 Å². The smallest absolute Gasteiger partial charge is 0.332 e. The summed E-state index contributed by atoms with van der Waals surface area (Å²) in [7, 11) is 1.54. The molecule has 0 fully saturated rings. The third kappa shape index (κ3) is 6.05. The number of rotatable bonds is 7. The predicted octanol–water partition coefficient (Wildman–Crippen LogP) is 0.564. The Labute approximate surface area is 122 Å². The van der Waals surface area contributed by atoms with Crippen LogP contribution in [-0.2, 0) is 19.1 Å². The number of hydrogen-bond acceptors (Lipinski definition) is 5. The minimum atomic E-state index is -0.595. The van der Waals surface area contributed by atoms with E-state index in [4.69, 9.17) is 9.47 Å². The van der Waals surface area contributed by atoms with Crippen LogP contribution in [0.3, 0.4) is 0 Å². The van der Waals surface area contributed by atoms with Crippen molar-refractivity contribution in [2.45, 2.75) is 6.92 Å². The topological polar surface area (TPSA) is 93.7 Å². The van der Waals surface area contributed by atoms with Gasteiger partial charge >= 0.3 is 5.97 Å². The summed E-state index contributed by atoms with van der Waals surface area (Å²) in [5, 5.41) is 5.04. The van der Waals surface area contributed by atoms with Crippen molar-refractivity contribution in [1.82, 2.24) is 5.32 Å². The van der Waals surface area contributed by atoms with Crippen LogP contribution in [0.1, 0.15) is 17.3 Å². The number of ether oxygens (including phenoxy) is 2. The summed E-state index contributed by atoms with van der Waals surface area (Å²) >= 11 is 0. The van der Waals surface area contributed by atoms with Crippen LogP contribution < -0.4 is 10.6 Å². The van der Waals surface area contributed by atoms with Crippen LogP contribution in [0.25, 0.3) is 0 Å². The Morgan fingerprint density at radius 2 is 1.76 bits per heavy atom. The molecule has 0 aliphatic heterocycles. The van der Waals surface area contributed by atoms with E-state index in [0.29, 0.717) is 17.9 Å². The van der Waals surface area contributed by atoms with Crippen LogP contribution >= 0.6 is 0 Å². The maximum absolute atomic E-state index is 11.6. The minimum Gasteiger partial charge on any atom is -0.454 e. The maximum atomic E-state index is 11.6.